The summed E-state index contributed by atoms with van der Waals surface area (Å²) in [4.78, 5) is 13.6. The van der Waals surface area contributed by atoms with Crippen LogP contribution in [0, 0.1) is 0 Å². The van der Waals surface area contributed by atoms with Gasteiger partial charge in [-0.25, -0.2) is 4.79 Å². The standard InChI is InChI=1S/C14H17NO2/c1-9(2)11-7-5-6-10-8-12(15(3)4)14(16)17-13(10)11/h5-9H,1-4H3. The zero-order valence-corrected chi connectivity index (χ0v) is 10.7. The highest BCUT2D eigenvalue weighted by Gasteiger charge is 2.11. The number of hydrogen-bond donors (Lipinski definition) is 0. The fourth-order valence-corrected chi connectivity index (χ4v) is 1.92. The predicted molar refractivity (Wildman–Crippen MR) is 70.9 cm³/mol. The molecule has 2 rings (SSSR count). The Kier molecular flexibility index (Phi) is 2.92. The fourth-order valence-electron chi connectivity index (χ4n) is 1.92. The number of rotatable bonds is 2. The molecule has 0 spiro atoms. The van der Waals surface area contributed by atoms with Crippen LogP contribution in [0.1, 0.15) is 25.3 Å². The summed E-state index contributed by atoms with van der Waals surface area (Å²) in [5, 5.41) is 0.972. The maximum absolute atomic E-state index is 11.8. The number of para-hydroxylation sites is 1. The topological polar surface area (TPSA) is 33.5 Å². The van der Waals surface area contributed by atoms with Crippen molar-refractivity contribution in [3.05, 3.63) is 40.2 Å². The summed E-state index contributed by atoms with van der Waals surface area (Å²) in [7, 11) is 3.68. The zero-order valence-electron chi connectivity index (χ0n) is 10.7. The van der Waals surface area contributed by atoms with Gasteiger partial charge in [0.2, 0.25) is 0 Å². The van der Waals surface area contributed by atoms with E-state index in [0.717, 1.165) is 10.9 Å². The van der Waals surface area contributed by atoms with E-state index >= 15 is 0 Å². The summed E-state index contributed by atoms with van der Waals surface area (Å²) in [6.07, 6.45) is 0. The first-order valence-electron chi connectivity index (χ1n) is 5.75. The van der Waals surface area contributed by atoms with Crippen molar-refractivity contribution in [2.75, 3.05) is 19.0 Å². The lowest BCUT2D eigenvalue weighted by molar-refractivity contribution is 0.554. The zero-order chi connectivity index (χ0) is 12.6. The van der Waals surface area contributed by atoms with Crippen LogP contribution in [0.15, 0.2) is 33.5 Å². The van der Waals surface area contributed by atoms with Gasteiger partial charge in [0.05, 0.1) is 0 Å². The molecule has 0 saturated carbocycles. The minimum atomic E-state index is -0.282. The molecular weight excluding hydrogens is 214 g/mol. The Morgan fingerprint density at radius 3 is 2.53 bits per heavy atom. The van der Waals surface area contributed by atoms with Gasteiger partial charge in [-0.15, -0.1) is 0 Å². The van der Waals surface area contributed by atoms with Crippen LogP contribution in [0.5, 0.6) is 0 Å². The first-order chi connectivity index (χ1) is 8.00. The lowest BCUT2D eigenvalue weighted by Crippen LogP contribution is -2.17. The molecular formula is C14H17NO2. The average Bonchev–Trinajstić information content (AvgIpc) is 2.26. The Morgan fingerprint density at radius 2 is 1.94 bits per heavy atom. The molecule has 2 aromatic rings. The highest BCUT2D eigenvalue weighted by Crippen LogP contribution is 2.25. The van der Waals surface area contributed by atoms with Gasteiger partial charge in [-0.1, -0.05) is 32.0 Å². The lowest BCUT2D eigenvalue weighted by Gasteiger charge is -2.13. The Bertz CT molecular complexity index is 597. The van der Waals surface area contributed by atoms with E-state index < -0.39 is 0 Å². The molecule has 0 unspecified atom stereocenters. The van der Waals surface area contributed by atoms with Crippen molar-refractivity contribution in [1.29, 1.82) is 0 Å². The van der Waals surface area contributed by atoms with E-state index in [1.807, 2.05) is 38.4 Å². The Morgan fingerprint density at radius 1 is 1.24 bits per heavy atom. The quantitative estimate of drug-likeness (QED) is 0.745. The molecule has 1 aromatic carbocycles. The van der Waals surface area contributed by atoms with Crippen LogP contribution >= 0.6 is 0 Å². The maximum atomic E-state index is 11.8. The van der Waals surface area contributed by atoms with Gasteiger partial charge in [0.25, 0.3) is 0 Å². The third-order valence-corrected chi connectivity index (χ3v) is 2.88. The molecule has 0 fully saturated rings. The van der Waals surface area contributed by atoms with Crippen LogP contribution in [0.2, 0.25) is 0 Å². The molecule has 0 N–H and O–H groups in total. The van der Waals surface area contributed by atoms with E-state index in [0.29, 0.717) is 17.2 Å². The van der Waals surface area contributed by atoms with E-state index in [1.165, 1.54) is 0 Å². The molecule has 0 saturated heterocycles. The first-order valence-corrected chi connectivity index (χ1v) is 5.75. The summed E-state index contributed by atoms with van der Waals surface area (Å²) in [6, 6.07) is 7.85. The third-order valence-electron chi connectivity index (χ3n) is 2.88. The summed E-state index contributed by atoms with van der Waals surface area (Å²) in [5.74, 6) is 0.340. The second kappa shape index (κ2) is 4.24. The van der Waals surface area contributed by atoms with Gasteiger partial charge in [-0.05, 0) is 17.5 Å². The number of hydrogen-bond acceptors (Lipinski definition) is 3. The third kappa shape index (κ3) is 2.05. The molecule has 0 bridgehead atoms. The van der Waals surface area contributed by atoms with Crippen LogP contribution in [-0.4, -0.2) is 14.1 Å². The number of fused-ring (bicyclic) bond motifs is 1. The summed E-state index contributed by atoms with van der Waals surface area (Å²) in [6.45, 7) is 4.18. The van der Waals surface area contributed by atoms with E-state index in [4.69, 9.17) is 4.42 Å². The second-order valence-electron chi connectivity index (χ2n) is 4.73. The van der Waals surface area contributed by atoms with E-state index in [9.17, 15) is 4.79 Å². The minimum absolute atomic E-state index is 0.282. The van der Waals surface area contributed by atoms with Crippen molar-refractivity contribution in [3.63, 3.8) is 0 Å². The van der Waals surface area contributed by atoms with Crippen molar-refractivity contribution in [2.24, 2.45) is 0 Å². The summed E-state index contributed by atoms with van der Waals surface area (Å²) in [5.41, 5.74) is 2.08. The Hall–Kier alpha value is -1.77. The SMILES string of the molecule is CC(C)c1cccc2cc(N(C)C)c(=O)oc12. The van der Waals surface area contributed by atoms with E-state index in [-0.39, 0.29) is 5.63 Å². The Labute approximate surface area is 101 Å². The maximum Gasteiger partial charge on any atom is 0.360 e. The molecule has 1 heterocycles. The minimum Gasteiger partial charge on any atom is -0.421 e. The molecule has 17 heavy (non-hydrogen) atoms. The fraction of sp³-hybridized carbons (Fsp3) is 0.357. The van der Waals surface area contributed by atoms with Crippen molar-refractivity contribution in [1.82, 2.24) is 0 Å². The van der Waals surface area contributed by atoms with Crippen molar-refractivity contribution >= 4 is 16.7 Å². The molecule has 0 radical (unpaired) electrons. The van der Waals surface area contributed by atoms with Gasteiger partial charge in [0, 0.05) is 19.5 Å². The smallest absolute Gasteiger partial charge is 0.360 e. The van der Waals surface area contributed by atoms with Crippen LogP contribution in [0.25, 0.3) is 11.0 Å². The van der Waals surface area contributed by atoms with Crippen molar-refractivity contribution in [2.45, 2.75) is 19.8 Å². The molecule has 3 nitrogen and oxygen atoms in total. The molecule has 0 aliphatic rings. The van der Waals surface area contributed by atoms with Gasteiger partial charge in [0.1, 0.15) is 11.3 Å². The van der Waals surface area contributed by atoms with E-state index in [2.05, 4.69) is 13.8 Å². The number of nitrogens with zero attached hydrogens (tertiary/aromatic N) is 1. The van der Waals surface area contributed by atoms with Crippen molar-refractivity contribution in [3.8, 4) is 0 Å². The van der Waals surface area contributed by atoms with Gasteiger partial charge in [0.15, 0.2) is 0 Å². The van der Waals surface area contributed by atoms with Gasteiger partial charge in [-0.2, -0.15) is 0 Å². The monoisotopic (exact) mass is 231 g/mol. The number of anilines is 1. The van der Waals surface area contributed by atoms with Gasteiger partial charge in [-0.3, -0.25) is 0 Å². The van der Waals surface area contributed by atoms with Crippen LogP contribution in [0.3, 0.4) is 0 Å². The average molecular weight is 231 g/mol. The normalized spacial score (nSPS) is 11.1. The number of benzene rings is 1. The molecule has 1 aromatic heterocycles. The van der Waals surface area contributed by atoms with Crippen LogP contribution in [0.4, 0.5) is 5.69 Å². The van der Waals surface area contributed by atoms with E-state index in [1.54, 1.807) is 4.90 Å². The largest absolute Gasteiger partial charge is 0.421 e. The molecule has 0 amide bonds. The van der Waals surface area contributed by atoms with Gasteiger partial charge < -0.3 is 9.32 Å². The molecule has 90 valence electrons. The summed E-state index contributed by atoms with van der Waals surface area (Å²) >= 11 is 0. The molecule has 0 atom stereocenters. The van der Waals surface area contributed by atoms with Crippen LogP contribution in [-0.2, 0) is 0 Å². The molecule has 3 heteroatoms. The highest BCUT2D eigenvalue weighted by atomic mass is 16.4. The van der Waals surface area contributed by atoms with Crippen molar-refractivity contribution < 1.29 is 4.42 Å². The van der Waals surface area contributed by atoms with Crippen LogP contribution < -0.4 is 10.5 Å². The molecule has 0 aliphatic heterocycles. The lowest BCUT2D eigenvalue weighted by atomic mass is 10.0. The Balaban J connectivity index is 2.78. The first kappa shape index (κ1) is 11.7. The second-order valence-corrected chi connectivity index (χ2v) is 4.73. The van der Waals surface area contributed by atoms with Gasteiger partial charge >= 0.3 is 5.63 Å². The molecule has 0 aliphatic carbocycles. The summed E-state index contributed by atoms with van der Waals surface area (Å²) < 4.78 is 5.45. The highest BCUT2D eigenvalue weighted by molar-refractivity contribution is 5.82. The predicted octanol–water partition coefficient (Wildman–Crippen LogP) is 2.98.